The highest BCUT2D eigenvalue weighted by atomic mass is 35.5. The average molecular weight is 326 g/mol. The molecule has 8 nitrogen and oxygen atoms in total. The smallest absolute Gasteiger partial charge is 0.305 e. The monoisotopic (exact) mass is 325 g/mol. The van der Waals surface area contributed by atoms with Crippen LogP contribution in [0.5, 0.6) is 0 Å². The van der Waals surface area contributed by atoms with Gasteiger partial charge >= 0.3 is 5.97 Å². The molecule has 9 heteroatoms. The molecule has 22 heavy (non-hydrogen) atoms. The number of nitrogens with one attached hydrogen (secondary N) is 1. The molecule has 0 aliphatic heterocycles. The lowest BCUT2D eigenvalue weighted by atomic mass is 10.3. The van der Waals surface area contributed by atoms with Crippen molar-refractivity contribution in [1.29, 1.82) is 0 Å². The molecule has 0 fully saturated rings. The summed E-state index contributed by atoms with van der Waals surface area (Å²) < 4.78 is 3.13. The maximum Gasteiger partial charge on any atom is 0.305 e. The minimum atomic E-state index is -0.913. The third-order valence-electron chi connectivity index (χ3n) is 3.04. The Morgan fingerprint density at radius 3 is 2.91 bits per heavy atom. The Morgan fingerprint density at radius 2 is 2.23 bits per heavy atom. The Labute approximate surface area is 131 Å². The number of aryl methyl sites for hydroxylation is 2. The van der Waals surface area contributed by atoms with E-state index in [1.807, 2.05) is 6.92 Å². The number of carboxylic acid groups (broad SMARTS) is 1. The van der Waals surface area contributed by atoms with Crippen LogP contribution in [-0.4, -0.2) is 36.5 Å². The van der Waals surface area contributed by atoms with Crippen LogP contribution in [0.4, 0.5) is 0 Å². The van der Waals surface area contributed by atoms with Crippen molar-refractivity contribution in [3.05, 3.63) is 34.9 Å². The third-order valence-corrected chi connectivity index (χ3v) is 3.36. The van der Waals surface area contributed by atoms with Crippen molar-refractivity contribution in [3.8, 4) is 0 Å². The number of amides is 1. The second kappa shape index (κ2) is 7.08. The molecule has 0 spiro atoms. The molecule has 0 bridgehead atoms. The van der Waals surface area contributed by atoms with E-state index in [2.05, 4.69) is 15.5 Å². The summed E-state index contributed by atoms with van der Waals surface area (Å²) in [6, 6.07) is 1.54. The van der Waals surface area contributed by atoms with Gasteiger partial charge in [0.25, 0.3) is 5.91 Å². The van der Waals surface area contributed by atoms with Gasteiger partial charge in [-0.25, -0.2) is 0 Å². The first-order valence-corrected chi connectivity index (χ1v) is 7.12. The minimum Gasteiger partial charge on any atom is -0.481 e. The largest absolute Gasteiger partial charge is 0.481 e. The van der Waals surface area contributed by atoms with Crippen molar-refractivity contribution in [1.82, 2.24) is 24.9 Å². The van der Waals surface area contributed by atoms with Gasteiger partial charge in [0, 0.05) is 12.7 Å². The predicted molar refractivity (Wildman–Crippen MR) is 78.6 cm³/mol. The summed E-state index contributed by atoms with van der Waals surface area (Å²) in [6.07, 6.45) is 3.06. The zero-order chi connectivity index (χ0) is 16.1. The van der Waals surface area contributed by atoms with Gasteiger partial charge < -0.3 is 10.4 Å². The van der Waals surface area contributed by atoms with Crippen LogP contribution in [0, 0.1) is 0 Å². The highest BCUT2D eigenvalue weighted by Crippen LogP contribution is 2.14. The van der Waals surface area contributed by atoms with Crippen molar-refractivity contribution in [2.24, 2.45) is 0 Å². The summed E-state index contributed by atoms with van der Waals surface area (Å²) in [5.74, 6) is -1.27. The second-order valence-corrected chi connectivity index (χ2v) is 4.95. The molecule has 1 amide bonds. The molecule has 0 unspecified atom stereocenters. The van der Waals surface area contributed by atoms with E-state index >= 15 is 0 Å². The molecular weight excluding hydrogens is 310 g/mol. The van der Waals surface area contributed by atoms with Crippen molar-refractivity contribution in [3.63, 3.8) is 0 Å². The fraction of sp³-hybridized carbons (Fsp3) is 0.385. The molecule has 0 aromatic carbocycles. The number of hydrogen-bond donors (Lipinski definition) is 2. The van der Waals surface area contributed by atoms with Crippen LogP contribution in [-0.2, 0) is 24.4 Å². The van der Waals surface area contributed by atoms with Gasteiger partial charge in [-0.2, -0.15) is 10.2 Å². The number of nitrogens with zero attached hydrogens (tertiary/aromatic N) is 4. The summed E-state index contributed by atoms with van der Waals surface area (Å²) in [7, 11) is 0. The van der Waals surface area contributed by atoms with Crippen molar-refractivity contribution >= 4 is 23.5 Å². The van der Waals surface area contributed by atoms with E-state index in [1.165, 1.54) is 16.9 Å². The number of aromatic nitrogens is 4. The highest BCUT2D eigenvalue weighted by molar-refractivity contribution is 6.31. The lowest BCUT2D eigenvalue weighted by Gasteiger charge is -2.06. The molecule has 2 aromatic rings. The summed E-state index contributed by atoms with van der Waals surface area (Å²) in [5.41, 5.74) is 0.951. The molecule has 2 rings (SSSR count). The zero-order valence-corrected chi connectivity index (χ0v) is 12.7. The van der Waals surface area contributed by atoms with Gasteiger partial charge in [-0.3, -0.25) is 19.0 Å². The van der Waals surface area contributed by atoms with E-state index < -0.39 is 5.97 Å². The fourth-order valence-corrected chi connectivity index (χ4v) is 2.12. The van der Waals surface area contributed by atoms with E-state index in [0.717, 1.165) is 5.69 Å². The standard InChI is InChI=1S/C13H16ClN5O3/c1-2-19-11(9(14)7-16-19)8-15-13(22)10-3-5-18(17-10)6-4-12(20)21/h3,5,7H,2,4,6,8H2,1H3,(H,15,22)(H,20,21). The van der Waals surface area contributed by atoms with Crippen molar-refractivity contribution in [2.45, 2.75) is 33.0 Å². The number of carboxylic acids is 1. The molecule has 2 aromatic heterocycles. The maximum atomic E-state index is 12.0. The Balaban J connectivity index is 1.95. The van der Waals surface area contributed by atoms with E-state index in [0.29, 0.717) is 11.6 Å². The van der Waals surface area contributed by atoms with Crippen LogP contribution < -0.4 is 5.32 Å². The topological polar surface area (TPSA) is 102 Å². The van der Waals surface area contributed by atoms with Crippen LogP contribution in [0.1, 0.15) is 29.5 Å². The first-order chi connectivity index (χ1) is 10.5. The Hall–Kier alpha value is -2.35. The number of carbonyl (C=O) groups excluding carboxylic acids is 1. The molecule has 0 atom stereocenters. The summed E-state index contributed by atoms with van der Waals surface area (Å²) >= 11 is 6.02. The molecule has 0 saturated heterocycles. The van der Waals surface area contributed by atoms with Gasteiger partial charge in [0.2, 0.25) is 0 Å². The highest BCUT2D eigenvalue weighted by Gasteiger charge is 2.13. The average Bonchev–Trinajstić information content (AvgIpc) is 3.09. The van der Waals surface area contributed by atoms with Crippen LogP contribution in [0.2, 0.25) is 5.02 Å². The Bertz CT molecular complexity index is 679. The number of aliphatic carboxylic acids is 1. The normalized spacial score (nSPS) is 10.6. The Kier molecular flexibility index (Phi) is 5.16. The van der Waals surface area contributed by atoms with Gasteiger partial charge in [-0.1, -0.05) is 11.6 Å². The molecule has 0 saturated carbocycles. The zero-order valence-electron chi connectivity index (χ0n) is 12.0. The van der Waals surface area contributed by atoms with Gasteiger partial charge in [0.15, 0.2) is 0 Å². The van der Waals surface area contributed by atoms with Crippen LogP contribution >= 0.6 is 11.6 Å². The first kappa shape index (κ1) is 16.0. The van der Waals surface area contributed by atoms with Gasteiger partial charge in [-0.15, -0.1) is 0 Å². The van der Waals surface area contributed by atoms with Gasteiger partial charge in [0.05, 0.1) is 36.4 Å². The second-order valence-electron chi connectivity index (χ2n) is 4.55. The quantitative estimate of drug-likeness (QED) is 0.795. The van der Waals surface area contributed by atoms with Crippen LogP contribution in [0.25, 0.3) is 0 Å². The van der Waals surface area contributed by atoms with E-state index in [4.69, 9.17) is 16.7 Å². The number of halogens is 1. The molecule has 0 aliphatic carbocycles. The molecule has 0 aliphatic rings. The third kappa shape index (κ3) is 3.85. The van der Waals surface area contributed by atoms with Gasteiger partial charge in [-0.05, 0) is 13.0 Å². The van der Waals surface area contributed by atoms with E-state index in [1.54, 1.807) is 10.9 Å². The summed E-state index contributed by atoms with van der Waals surface area (Å²) in [6.45, 7) is 3.05. The minimum absolute atomic E-state index is 0.0476. The first-order valence-electron chi connectivity index (χ1n) is 6.75. The molecule has 118 valence electrons. The predicted octanol–water partition coefficient (Wildman–Crippen LogP) is 1.16. The van der Waals surface area contributed by atoms with Crippen LogP contribution in [0.15, 0.2) is 18.5 Å². The molecule has 2 heterocycles. The number of hydrogen-bond acceptors (Lipinski definition) is 4. The van der Waals surface area contributed by atoms with E-state index in [-0.39, 0.29) is 31.1 Å². The SMILES string of the molecule is CCn1ncc(Cl)c1CNC(=O)c1ccn(CCC(=O)O)n1. The lowest BCUT2D eigenvalue weighted by Crippen LogP contribution is -2.25. The summed E-state index contributed by atoms with van der Waals surface area (Å²) in [4.78, 5) is 22.5. The Morgan fingerprint density at radius 1 is 1.45 bits per heavy atom. The molecule has 2 N–H and O–H groups in total. The van der Waals surface area contributed by atoms with Crippen molar-refractivity contribution < 1.29 is 14.7 Å². The van der Waals surface area contributed by atoms with Crippen LogP contribution in [0.3, 0.4) is 0 Å². The fourth-order valence-electron chi connectivity index (χ4n) is 1.91. The van der Waals surface area contributed by atoms with E-state index in [9.17, 15) is 9.59 Å². The molecular formula is C13H16ClN5O3. The van der Waals surface area contributed by atoms with Crippen molar-refractivity contribution in [2.75, 3.05) is 0 Å². The maximum absolute atomic E-state index is 12.0. The number of rotatable bonds is 7. The molecule has 0 radical (unpaired) electrons. The number of carbonyl (C=O) groups is 2. The lowest BCUT2D eigenvalue weighted by molar-refractivity contribution is -0.137. The van der Waals surface area contributed by atoms with Gasteiger partial charge in [0.1, 0.15) is 5.69 Å². The summed E-state index contributed by atoms with van der Waals surface area (Å²) in [5, 5.41) is 19.9.